The standard InChI is InChI=1S/C13H16BrNO2/c1-15-7-3-2-4-10(13(15)17)11-8-9(16)5-6-12(11)14/h5-6,8,10,16H,2-4,7H2,1H3/t10-/m0/s1. The first-order valence-corrected chi connectivity index (χ1v) is 6.62. The second kappa shape index (κ2) is 5.08. The Kier molecular flexibility index (Phi) is 3.72. The third-order valence-electron chi connectivity index (χ3n) is 3.27. The predicted octanol–water partition coefficient (Wildman–Crippen LogP) is 2.88. The Labute approximate surface area is 110 Å². The molecule has 0 bridgehead atoms. The first kappa shape index (κ1) is 12.4. The Balaban J connectivity index is 2.36. The van der Waals surface area contributed by atoms with Crippen LogP contribution in [0, 0.1) is 0 Å². The molecule has 0 radical (unpaired) electrons. The van der Waals surface area contributed by atoms with Crippen LogP contribution in [0.3, 0.4) is 0 Å². The molecule has 1 aromatic carbocycles. The van der Waals surface area contributed by atoms with Gasteiger partial charge in [-0.3, -0.25) is 4.79 Å². The van der Waals surface area contributed by atoms with Gasteiger partial charge in [0.05, 0.1) is 5.92 Å². The van der Waals surface area contributed by atoms with Crippen molar-refractivity contribution in [2.75, 3.05) is 13.6 Å². The zero-order valence-corrected chi connectivity index (χ0v) is 11.4. The highest BCUT2D eigenvalue weighted by molar-refractivity contribution is 9.10. The topological polar surface area (TPSA) is 40.5 Å². The molecule has 0 aromatic heterocycles. The summed E-state index contributed by atoms with van der Waals surface area (Å²) in [7, 11) is 1.84. The quantitative estimate of drug-likeness (QED) is 0.866. The van der Waals surface area contributed by atoms with E-state index in [2.05, 4.69) is 15.9 Å². The Hall–Kier alpha value is -1.03. The van der Waals surface area contributed by atoms with Crippen LogP contribution in [0.1, 0.15) is 30.7 Å². The summed E-state index contributed by atoms with van der Waals surface area (Å²) in [6, 6.07) is 5.10. The number of rotatable bonds is 1. The number of nitrogens with zero attached hydrogens (tertiary/aromatic N) is 1. The van der Waals surface area contributed by atoms with Crippen LogP contribution in [0.25, 0.3) is 0 Å². The Morgan fingerprint density at radius 3 is 2.94 bits per heavy atom. The fourth-order valence-corrected chi connectivity index (χ4v) is 2.81. The molecular weight excluding hydrogens is 282 g/mol. The second-order valence-corrected chi connectivity index (χ2v) is 5.37. The van der Waals surface area contributed by atoms with Crippen molar-refractivity contribution in [1.82, 2.24) is 4.90 Å². The van der Waals surface area contributed by atoms with Gasteiger partial charge in [0.1, 0.15) is 5.75 Å². The molecule has 0 spiro atoms. The number of benzene rings is 1. The minimum absolute atomic E-state index is 0.135. The summed E-state index contributed by atoms with van der Waals surface area (Å²) in [5, 5.41) is 9.54. The number of carbonyl (C=O) groups excluding carboxylic acids is 1. The molecular formula is C13H16BrNO2. The molecule has 17 heavy (non-hydrogen) atoms. The molecule has 4 heteroatoms. The highest BCUT2D eigenvalue weighted by Gasteiger charge is 2.27. The molecule has 1 fully saturated rings. The van der Waals surface area contributed by atoms with Gasteiger partial charge in [-0.1, -0.05) is 22.4 Å². The number of carbonyl (C=O) groups is 1. The van der Waals surface area contributed by atoms with Gasteiger partial charge in [-0.05, 0) is 36.6 Å². The van der Waals surface area contributed by atoms with E-state index in [9.17, 15) is 9.90 Å². The zero-order chi connectivity index (χ0) is 12.4. The number of likely N-dealkylation sites (tertiary alicyclic amines) is 1. The average Bonchev–Trinajstić information content (AvgIpc) is 2.46. The molecule has 0 unspecified atom stereocenters. The summed E-state index contributed by atoms with van der Waals surface area (Å²) in [5.74, 6) is 0.223. The van der Waals surface area contributed by atoms with Gasteiger partial charge in [0, 0.05) is 18.1 Å². The van der Waals surface area contributed by atoms with E-state index in [0.717, 1.165) is 35.8 Å². The lowest BCUT2D eigenvalue weighted by atomic mass is 9.93. The van der Waals surface area contributed by atoms with Crippen LogP contribution in [0.15, 0.2) is 22.7 Å². The van der Waals surface area contributed by atoms with E-state index in [0.29, 0.717) is 0 Å². The number of hydrogen-bond donors (Lipinski definition) is 1. The van der Waals surface area contributed by atoms with Gasteiger partial charge in [0.25, 0.3) is 0 Å². The number of amides is 1. The van der Waals surface area contributed by atoms with Gasteiger partial charge < -0.3 is 10.0 Å². The fourth-order valence-electron chi connectivity index (χ4n) is 2.28. The van der Waals surface area contributed by atoms with E-state index in [1.54, 1.807) is 23.1 Å². The van der Waals surface area contributed by atoms with Crippen molar-refractivity contribution in [3.05, 3.63) is 28.2 Å². The summed E-state index contributed by atoms with van der Waals surface area (Å²) >= 11 is 3.46. The van der Waals surface area contributed by atoms with Gasteiger partial charge in [-0.15, -0.1) is 0 Å². The van der Waals surface area contributed by atoms with Crippen molar-refractivity contribution in [1.29, 1.82) is 0 Å². The molecule has 1 aromatic rings. The lowest BCUT2D eigenvalue weighted by Gasteiger charge is -2.21. The molecule has 3 nitrogen and oxygen atoms in total. The van der Waals surface area contributed by atoms with Gasteiger partial charge in [0.15, 0.2) is 0 Å². The van der Waals surface area contributed by atoms with Gasteiger partial charge in [-0.25, -0.2) is 0 Å². The SMILES string of the molecule is CN1CCCC[C@@H](c2cc(O)ccc2Br)C1=O. The van der Waals surface area contributed by atoms with E-state index in [1.807, 2.05) is 7.05 Å². The third-order valence-corrected chi connectivity index (χ3v) is 3.99. The third kappa shape index (κ3) is 2.63. The number of aromatic hydroxyl groups is 1. The Morgan fingerprint density at radius 2 is 2.18 bits per heavy atom. The highest BCUT2D eigenvalue weighted by atomic mass is 79.9. The molecule has 1 saturated heterocycles. The van der Waals surface area contributed by atoms with Crippen molar-refractivity contribution < 1.29 is 9.90 Å². The molecule has 0 saturated carbocycles. The van der Waals surface area contributed by atoms with Gasteiger partial charge in [-0.2, -0.15) is 0 Å². The van der Waals surface area contributed by atoms with Crippen LogP contribution in [0.4, 0.5) is 0 Å². The number of likely N-dealkylation sites (N-methyl/N-ethyl adjacent to an activating group) is 1. The first-order chi connectivity index (χ1) is 8.09. The summed E-state index contributed by atoms with van der Waals surface area (Å²) in [6.45, 7) is 0.825. The summed E-state index contributed by atoms with van der Waals surface area (Å²) < 4.78 is 0.893. The highest BCUT2D eigenvalue weighted by Crippen LogP contribution is 2.34. The minimum atomic E-state index is -0.135. The normalized spacial score (nSPS) is 21.4. The van der Waals surface area contributed by atoms with E-state index in [1.165, 1.54) is 0 Å². The van der Waals surface area contributed by atoms with Crippen LogP contribution in [-0.2, 0) is 4.79 Å². The summed E-state index contributed by atoms with van der Waals surface area (Å²) in [6.07, 6.45) is 2.95. The van der Waals surface area contributed by atoms with E-state index < -0.39 is 0 Å². The van der Waals surface area contributed by atoms with Crippen LogP contribution in [-0.4, -0.2) is 29.5 Å². The smallest absolute Gasteiger partial charge is 0.229 e. The predicted molar refractivity (Wildman–Crippen MR) is 70.0 cm³/mol. The second-order valence-electron chi connectivity index (χ2n) is 4.51. The van der Waals surface area contributed by atoms with Crippen LogP contribution in [0.2, 0.25) is 0 Å². The molecule has 92 valence electrons. The average molecular weight is 298 g/mol. The molecule has 1 aliphatic rings. The first-order valence-electron chi connectivity index (χ1n) is 5.83. The van der Waals surface area contributed by atoms with Crippen molar-refractivity contribution in [2.24, 2.45) is 0 Å². The van der Waals surface area contributed by atoms with Crippen LogP contribution in [0.5, 0.6) is 5.75 Å². The maximum absolute atomic E-state index is 12.2. The fraction of sp³-hybridized carbons (Fsp3) is 0.462. The Bertz CT molecular complexity index is 433. The van der Waals surface area contributed by atoms with Gasteiger partial charge >= 0.3 is 0 Å². The monoisotopic (exact) mass is 297 g/mol. The van der Waals surface area contributed by atoms with Crippen LogP contribution < -0.4 is 0 Å². The van der Waals surface area contributed by atoms with Gasteiger partial charge in [0.2, 0.25) is 5.91 Å². The Morgan fingerprint density at radius 1 is 1.41 bits per heavy atom. The minimum Gasteiger partial charge on any atom is -0.508 e. The molecule has 0 aliphatic carbocycles. The van der Waals surface area contributed by atoms with E-state index >= 15 is 0 Å². The van der Waals surface area contributed by atoms with Crippen LogP contribution >= 0.6 is 15.9 Å². The van der Waals surface area contributed by atoms with Crippen molar-refractivity contribution in [3.8, 4) is 5.75 Å². The number of phenolic OH excluding ortho intramolecular Hbond substituents is 1. The number of halogens is 1. The number of hydrogen-bond acceptors (Lipinski definition) is 2. The lowest BCUT2D eigenvalue weighted by molar-refractivity contribution is -0.131. The molecule has 1 atom stereocenters. The van der Waals surface area contributed by atoms with E-state index in [4.69, 9.17) is 0 Å². The molecule has 2 rings (SSSR count). The largest absolute Gasteiger partial charge is 0.508 e. The summed E-state index contributed by atoms with van der Waals surface area (Å²) in [4.78, 5) is 14.0. The maximum atomic E-state index is 12.2. The van der Waals surface area contributed by atoms with Crippen molar-refractivity contribution in [2.45, 2.75) is 25.2 Å². The maximum Gasteiger partial charge on any atom is 0.229 e. The van der Waals surface area contributed by atoms with Crippen molar-refractivity contribution in [3.63, 3.8) is 0 Å². The number of phenols is 1. The molecule has 1 aliphatic heterocycles. The van der Waals surface area contributed by atoms with Crippen molar-refractivity contribution >= 4 is 21.8 Å². The van der Waals surface area contributed by atoms with E-state index in [-0.39, 0.29) is 17.6 Å². The molecule has 1 N–H and O–H groups in total. The lowest BCUT2D eigenvalue weighted by Crippen LogP contribution is -2.30. The molecule has 1 heterocycles. The molecule has 1 amide bonds. The zero-order valence-electron chi connectivity index (χ0n) is 9.82. The summed E-state index contributed by atoms with van der Waals surface area (Å²) in [5.41, 5.74) is 0.892.